The number of amides is 1. The highest BCUT2D eigenvalue weighted by atomic mass is 16.2. The molecule has 1 aromatic rings. The molecule has 1 aromatic heterocycles. The summed E-state index contributed by atoms with van der Waals surface area (Å²) in [6.07, 6.45) is 2.21. The van der Waals surface area contributed by atoms with E-state index in [1.807, 2.05) is 13.8 Å². The maximum Gasteiger partial charge on any atom is 0.268 e. The van der Waals surface area contributed by atoms with Gasteiger partial charge in [0.05, 0.1) is 5.54 Å². The van der Waals surface area contributed by atoms with Gasteiger partial charge in [0.15, 0.2) is 5.78 Å². The van der Waals surface area contributed by atoms with Crippen LogP contribution in [0.1, 0.15) is 58.8 Å². The van der Waals surface area contributed by atoms with Crippen molar-refractivity contribution < 1.29 is 9.59 Å². The number of aryl methyl sites for hydroxylation is 1. The Labute approximate surface area is 119 Å². The first kappa shape index (κ1) is 14.8. The molecule has 0 aliphatic heterocycles. The molecule has 1 saturated carbocycles. The molecule has 0 bridgehead atoms. The second-order valence-corrected chi connectivity index (χ2v) is 6.03. The lowest BCUT2D eigenvalue weighted by atomic mass is 9.95. The number of H-pyrrole nitrogens is 1. The van der Waals surface area contributed by atoms with E-state index in [0.717, 1.165) is 18.5 Å². The first-order valence-electron chi connectivity index (χ1n) is 7.03. The molecule has 5 nitrogen and oxygen atoms in total. The molecule has 2 rings (SSSR count). The molecule has 1 atom stereocenters. The SMILES string of the molecule is CC(=O)c1c(C)[nH]c(C(=O)NC(C)(CN)C2CC2)c1C. The van der Waals surface area contributed by atoms with Crippen molar-refractivity contribution >= 4 is 11.7 Å². The maximum absolute atomic E-state index is 12.5. The Kier molecular flexibility index (Phi) is 3.73. The first-order valence-corrected chi connectivity index (χ1v) is 7.03. The molecule has 0 radical (unpaired) electrons. The van der Waals surface area contributed by atoms with Gasteiger partial charge in [0.25, 0.3) is 5.91 Å². The summed E-state index contributed by atoms with van der Waals surface area (Å²) < 4.78 is 0. The number of aromatic amines is 1. The minimum Gasteiger partial charge on any atom is -0.354 e. The van der Waals surface area contributed by atoms with Crippen molar-refractivity contribution in [3.8, 4) is 0 Å². The average molecular weight is 277 g/mol. The van der Waals surface area contributed by atoms with E-state index < -0.39 is 0 Å². The second kappa shape index (κ2) is 5.05. The molecule has 5 heteroatoms. The van der Waals surface area contributed by atoms with Crippen molar-refractivity contribution in [3.63, 3.8) is 0 Å². The average Bonchev–Trinajstić information content (AvgIpc) is 3.15. The summed E-state index contributed by atoms with van der Waals surface area (Å²) >= 11 is 0. The van der Waals surface area contributed by atoms with Gasteiger partial charge in [-0.3, -0.25) is 9.59 Å². The zero-order valence-corrected chi connectivity index (χ0v) is 12.6. The summed E-state index contributed by atoms with van der Waals surface area (Å²) in [5, 5.41) is 3.04. The van der Waals surface area contributed by atoms with Gasteiger partial charge in [0.1, 0.15) is 5.69 Å². The highest BCUT2D eigenvalue weighted by Crippen LogP contribution is 2.39. The molecule has 110 valence electrons. The number of hydrogen-bond acceptors (Lipinski definition) is 3. The molecule has 0 aromatic carbocycles. The van der Waals surface area contributed by atoms with Gasteiger partial charge >= 0.3 is 0 Å². The predicted octanol–water partition coefficient (Wildman–Crippen LogP) is 1.69. The Balaban J connectivity index is 2.26. The van der Waals surface area contributed by atoms with E-state index in [-0.39, 0.29) is 17.2 Å². The monoisotopic (exact) mass is 277 g/mol. The molecule has 20 heavy (non-hydrogen) atoms. The third-order valence-corrected chi connectivity index (χ3v) is 4.32. The fraction of sp³-hybridized carbons (Fsp3) is 0.600. The topological polar surface area (TPSA) is 88.0 Å². The Morgan fingerprint density at radius 3 is 2.40 bits per heavy atom. The quantitative estimate of drug-likeness (QED) is 0.716. The van der Waals surface area contributed by atoms with Crippen molar-refractivity contribution in [2.45, 2.75) is 46.1 Å². The molecule has 1 fully saturated rings. The summed E-state index contributed by atoms with van der Waals surface area (Å²) in [4.78, 5) is 27.1. The lowest BCUT2D eigenvalue weighted by Crippen LogP contribution is -2.53. The number of nitrogens with two attached hydrogens (primary N) is 1. The predicted molar refractivity (Wildman–Crippen MR) is 77.9 cm³/mol. The molecule has 0 spiro atoms. The summed E-state index contributed by atoms with van der Waals surface area (Å²) in [5.74, 6) is 0.247. The summed E-state index contributed by atoms with van der Waals surface area (Å²) in [6, 6.07) is 0. The van der Waals surface area contributed by atoms with Gasteiger partial charge in [-0.1, -0.05) is 0 Å². The standard InChI is InChI=1S/C15H23N3O2/c1-8-12(10(3)19)9(2)17-13(8)14(20)18-15(4,7-16)11-5-6-11/h11,17H,5-7,16H2,1-4H3,(H,18,20). The number of nitrogens with one attached hydrogen (secondary N) is 2. The van der Waals surface area contributed by atoms with Gasteiger partial charge in [-0.2, -0.15) is 0 Å². The number of carbonyl (C=O) groups is 2. The van der Waals surface area contributed by atoms with Crippen LogP contribution in [0.3, 0.4) is 0 Å². The van der Waals surface area contributed by atoms with E-state index in [1.54, 1.807) is 6.92 Å². The largest absolute Gasteiger partial charge is 0.354 e. The Morgan fingerprint density at radius 2 is 2.00 bits per heavy atom. The second-order valence-electron chi connectivity index (χ2n) is 6.03. The third kappa shape index (κ3) is 2.50. The molecule has 1 heterocycles. The normalized spacial score (nSPS) is 17.6. The van der Waals surface area contributed by atoms with Crippen LogP contribution in [-0.2, 0) is 0 Å². The smallest absolute Gasteiger partial charge is 0.268 e. The van der Waals surface area contributed by atoms with Crippen molar-refractivity contribution in [2.24, 2.45) is 11.7 Å². The van der Waals surface area contributed by atoms with E-state index in [4.69, 9.17) is 5.73 Å². The van der Waals surface area contributed by atoms with Crippen LogP contribution < -0.4 is 11.1 Å². The zero-order valence-electron chi connectivity index (χ0n) is 12.6. The number of rotatable bonds is 5. The van der Waals surface area contributed by atoms with E-state index in [9.17, 15) is 9.59 Å². The summed E-state index contributed by atoms with van der Waals surface area (Å²) in [7, 11) is 0. The van der Waals surface area contributed by atoms with E-state index >= 15 is 0 Å². The number of aromatic nitrogens is 1. The van der Waals surface area contributed by atoms with Gasteiger partial charge in [-0.15, -0.1) is 0 Å². The van der Waals surface area contributed by atoms with E-state index in [0.29, 0.717) is 29.3 Å². The highest BCUT2D eigenvalue weighted by molar-refractivity contribution is 6.02. The number of hydrogen-bond donors (Lipinski definition) is 3. The van der Waals surface area contributed by atoms with Crippen molar-refractivity contribution in [2.75, 3.05) is 6.54 Å². The molecule has 1 unspecified atom stereocenters. The van der Waals surface area contributed by atoms with Crippen molar-refractivity contribution in [1.82, 2.24) is 10.3 Å². The van der Waals surface area contributed by atoms with Crippen LogP contribution in [0, 0.1) is 19.8 Å². The molecular weight excluding hydrogens is 254 g/mol. The van der Waals surface area contributed by atoms with E-state index in [1.165, 1.54) is 6.92 Å². The van der Waals surface area contributed by atoms with Crippen LogP contribution in [0.5, 0.6) is 0 Å². The lowest BCUT2D eigenvalue weighted by Gasteiger charge is -2.29. The fourth-order valence-corrected chi connectivity index (χ4v) is 2.87. The van der Waals surface area contributed by atoms with Crippen LogP contribution in [0.4, 0.5) is 0 Å². The van der Waals surface area contributed by atoms with E-state index in [2.05, 4.69) is 10.3 Å². The molecule has 1 amide bonds. The molecular formula is C15H23N3O2. The van der Waals surface area contributed by atoms with Gasteiger partial charge in [0, 0.05) is 17.8 Å². The minimum atomic E-state index is -0.362. The van der Waals surface area contributed by atoms with Gasteiger partial charge in [-0.25, -0.2) is 0 Å². The molecule has 4 N–H and O–H groups in total. The molecule has 1 aliphatic rings. The molecule has 0 saturated heterocycles. The maximum atomic E-state index is 12.5. The van der Waals surface area contributed by atoms with Crippen molar-refractivity contribution in [3.05, 3.63) is 22.5 Å². The van der Waals surface area contributed by atoms with Crippen LogP contribution in [0.25, 0.3) is 0 Å². The Hall–Kier alpha value is -1.62. The van der Waals surface area contributed by atoms with Gasteiger partial charge in [-0.05, 0) is 52.0 Å². The number of Topliss-reactive ketones (excluding diaryl/α,β-unsaturated/α-hetero) is 1. The summed E-state index contributed by atoms with van der Waals surface area (Å²) in [5.41, 5.74) is 7.98. The lowest BCUT2D eigenvalue weighted by molar-refractivity contribution is 0.0892. The summed E-state index contributed by atoms with van der Waals surface area (Å²) in [6.45, 7) is 7.52. The van der Waals surface area contributed by atoms with Gasteiger partial charge < -0.3 is 16.0 Å². The first-order chi connectivity index (χ1) is 9.30. The fourth-order valence-electron chi connectivity index (χ4n) is 2.87. The third-order valence-electron chi connectivity index (χ3n) is 4.32. The van der Waals surface area contributed by atoms with Crippen LogP contribution in [0.2, 0.25) is 0 Å². The molecule has 1 aliphatic carbocycles. The zero-order chi connectivity index (χ0) is 15.1. The highest BCUT2D eigenvalue weighted by Gasteiger charge is 2.42. The number of ketones is 1. The van der Waals surface area contributed by atoms with Crippen LogP contribution in [0.15, 0.2) is 0 Å². The Morgan fingerprint density at radius 1 is 1.40 bits per heavy atom. The van der Waals surface area contributed by atoms with Gasteiger partial charge in [0.2, 0.25) is 0 Å². The minimum absolute atomic E-state index is 0.0286. The van der Waals surface area contributed by atoms with Crippen LogP contribution in [-0.4, -0.2) is 28.8 Å². The Bertz CT molecular complexity index is 558. The number of carbonyl (C=O) groups excluding carboxylic acids is 2. The van der Waals surface area contributed by atoms with Crippen molar-refractivity contribution in [1.29, 1.82) is 0 Å². The van der Waals surface area contributed by atoms with Crippen LogP contribution >= 0.6 is 0 Å².